The number of carboxylic acid groups (broad SMARTS) is 1. The number of rotatable bonds is 4. The van der Waals surface area contributed by atoms with Crippen molar-refractivity contribution in [3.63, 3.8) is 0 Å². The maximum Gasteiger partial charge on any atom is 0.305 e. The van der Waals surface area contributed by atoms with Gasteiger partial charge in [0, 0.05) is 14.9 Å². The number of para-hydroxylation sites is 1. The Hall–Kier alpha value is -1.86. The van der Waals surface area contributed by atoms with Gasteiger partial charge < -0.3 is 10.0 Å². The van der Waals surface area contributed by atoms with Crippen molar-refractivity contribution < 1.29 is 19.1 Å². The van der Waals surface area contributed by atoms with Crippen LogP contribution in [0, 0.1) is 12.7 Å². The number of aryl methyl sites for hydroxylation is 1. The first-order valence-electron chi connectivity index (χ1n) is 7.60. The smallest absolute Gasteiger partial charge is 0.305 e. The van der Waals surface area contributed by atoms with E-state index >= 15 is 0 Å². The summed E-state index contributed by atoms with van der Waals surface area (Å²) in [5.41, 5.74) is 2.00. The van der Waals surface area contributed by atoms with Gasteiger partial charge in [0.05, 0.1) is 23.9 Å². The second kappa shape index (κ2) is 7.17. The van der Waals surface area contributed by atoms with E-state index in [2.05, 4.69) is 15.9 Å². The Bertz CT molecular complexity index is 858. The van der Waals surface area contributed by atoms with Crippen molar-refractivity contribution in [3.8, 4) is 0 Å². The third-order valence-corrected chi connectivity index (χ3v) is 5.71. The van der Waals surface area contributed by atoms with Crippen molar-refractivity contribution in [2.75, 3.05) is 4.90 Å². The zero-order valence-corrected chi connectivity index (χ0v) is 15.7. The van der Waals surface area contributed by atoms with E-state index in [4.69, 9.17) is 5.11 Å². The summed E-state index contributed by atoms with van der Waals surface area (Å²) < 4.78 is 14.9. The molecule has 0 aliphatic carbocycles. The molecule has 4 nitrogen and oxygen atoms in total. The number of benzene rings is 2. The first-order chi connectivity index (χ1) is 11.9. The normalized spacial score (nSPS) is 16.7. The molecule has 0 bridgehead atoms. The van der Waals surface area contributed by atoms with Gasteiger partial charge in [0.2, 0.25) is 5.91 Å². The number of amides is 1. The van der Waals surface area contributed by atoms with Crippen LogP contribution in [0.4, 0.5) is 10.1 Å². The number of carbonyl (C=O) groups excluding carboxylic acids is 1. The first kappa shape index (κ1) is 17.9. The Labute approximate surface area is 157 Å². The Kier molecular flexibility index (Phi) is 5.15. The van der Waals surface area contributed by atoms with Gasteiger partial charge in [0.25, 0.3) is 0 Å². The number of hydrogen-bond acceptors (Lipinski definition) is 3. The van der Waals surface area contributed by atoms with Crippen molar-refractivity contribution in [1.29, 1.82) is 0 Å². The standard InChI is InChI=1S/C18H15BrFNO3S/c1-10-3-2-4-14-17(10)21(18(24)15(25-14)8-16(22)23)9-11-5-6-12(19)7-13(11)20/h2-7,15H,8-9H2,1H3,(H,22,23). The van der Waals surface area contributed by atoms with Gasteiger partial charge >= 0.3 is 5.97 Å². The quantitative estimate of drug-likeness (QED) is 0.792. The van der Waals surface area contributed by atoms with E-state index in [0.717, 1.165) is 16.1 Å². The van der Waals surface area contributed by atoms with Gasteiger partial charge in [-0.25, -0.2) is 4.39 Å². The number of anilines is 1. The fourth-order valence-electron chi connectivity index (χ4n) is 2.83. The second-order valence-electron chi connectivity index (χ2n) is 5.79. The van der Waals surface area contributed by atoms with Crippen molar-refractivity contribution in [2.45, 2.75) is 30.0 Å². The molecular formula is C18H15BrFNO3S. The lowest BCUT2D eigenvalue weighted by Gasteiger charge is -2.34. The molecular weight excluding hydrogens is 409 g/mol. The molecule has 0 spiro atoms. The summed E-state index contributed by atoms with van der Waals surface area (Å²) in [6, 6.07) is 10.3. The molecule has 1 amide bonds. The largest absolute Gasteiger partial charge is 0.481 e. The fourth-order valence-corrected chi connectivity index (χ4v) is 4.46. The predicted molar refractivity (Wildman–Crippen MR) is 98.4 cm³/mol. The monoisotopic (exact) mass is 423 g/mol. The summed E-state index contributed by atoms with van der Waals surface area (Å²) >= 11 is 4.47. The van der Waals surface area contributed by atoms with E-state index in [0.29, 0.717) is 10.0 Å². The van der Waals surface area contributed by atoms with Gasteiger partial charge in [0.15, 0.2) is 0 Å². The van der Waals surface area contributed by atoms with Crippen LogP contribution in [0.1, 0.15) is 17.5 Å². The molecule has 3 rings (SSSR count). The third-order valence-electron chi connectivity index (χ3n) is 3.98. The maximum absolute atomic E-state index is 14.2. The molecule has 1 aliphatic rings. The summed E-state index contributed by atoms with van der Waals surface area (Å²) in [6.45, 7) is 1.95. The van der Waals surface area contributed by atoms with Crippen LogP contribution >= 0.6 is 27.7 Å². The molecule has 25 heavy (non-hydrogen) atoms. The van der Waals surface area contributed by atoms with Crippen molar-refractivity contribution in [1.82, 2.24) is 0 Å². The van der Waals surface area contributed by atoms with Gasteiger partial charge in [-0.05, 0) is 30.7 Å². The highest BCUT2D eigenvalue weighted by Crippen LogP contribution is 2.43. The Morgan fingerprint density at radius 1 is 1.36 bits per heavy atom. The summed E-state index contributed by atoms with van der Waals surface area (Å²) in [4.78, 5) is 26.3. The van der Waals surface area contributed by atoms with E-state index in [1.165, 1.54) is 22.7 Å². The van der Waals surface area contributed by atoms with Gasteiger partial charge in [-0.15, -0.1) is 11.8 Å². The predicted octanol–water partition coefficient (Wildman–Crippen LogP) is 4.38. The third kappa shape index (κ3) is 3.72. The summed E-state index contributed by atoms with van der Waals surface area (Å²) in [5, 5.41) is 8.37. The van der Waals surface area contributed by atoms with Crippen LogP contribution in [0.3, 0.4) is 0 Å². The molecule has 1 atom stereocenters. The molecule has 130 valence electrons. The highest BCUT2D eigenvalue weighted by atomic mass is 79.9. The van der Waals surface area contributed by atoms with Gasteiger partial charge in [0.1, 0.15) is 5.82 Å². The van der Waals surface area contributed by atoms with Crippen LogP contribution < -0.4 is 4.90 Å². The minimum atomic E-state index is -1.03. The average molecular weight is 424 g/mol. The molecule has 0 saturated carbocycles. The molecule has 1 N–H and O–H groups in total. The van der Waals surface area contributed by atoms with Crippen LogP contribution in [0.25, 0.3) is 0 Å². The topological polar surface area (TPSA) is 57.6 Å². The van der Waals surface area contributed by atoms with E-state index in [1.54, 1.807) is 12.1 Å². The van der Waals surface area contributed by atoms with Crippen molar-refractivity contribution >= 4 is 45.3 Å². The zero-order chi connectivity index (χ0) is 18.1. The SMILES string of the molecule is Cc1cccc2c1N(Cc1ccc(Br)cc1F)C(=O)C(CC(=O)O)S2. The highest BCUT2D eigenvalue weighted by Gasteiger charge is 2.36. The highest BCUT2D eigenvalue weighted by molar-refractivity contribution is 9.10. The van der Waals surface area contributed by atoms with Crippen molar-refractivity contribution in [2.24, 2.45) is 0 Å². The van der Waals surface area contributed by atoms with Crippen LogP contribution in [0.5, 0.6) is 0 Å². The number of halogens is 2. The molecule has 2 aromatic rings. The Morgan fingerprint density at radius 2 is 2.12 bits per heavy atom. The first-order valence-corrected chi connectivity index (χ1v) is 9.27. The molecule has 0 radical (unpaired) electrons. The van der Waals surface area contributed by atoms with E-state index in [1.807, 2.05) is 25.1 Å². The molecule has 0 saturated heterocycles. The number of hydrogen-bond donors (Lipinski definition) is 1. The number of fused-ring (bicyclic) bond motifs is 1. The molecule has 1 unspecified atom stereocenters. The summed E-state index contributed by atoms with van der Waals surface area (Å²) in [7, 11) is 0. The minimum absolute atomic E-state index is 0.0620. The van der Waals surface area contributed by atoms with Crippen LogP contribution in [-0.2, 0) is 16.1 Å². The number of nitrogens with zero attached hydrogens (tertiary/aromatic N) is 1. The molecule has 1 aliphatic heterocycles. The minimum Gasteiger partial charge on any atom is -0.481 e. The van der Waals surface area contributed by atoms with Crippen LogP contribution in [0.2, 0.25) is 0 Å². The lowest BCUT2D eigenvalue weighted by atomic mass is 10.1. The molecule has 2 aromatic carbocycles. The summed E-state index contributed by atoms with van der Waals surface area (Å²) in [6.07, 6.45) is -0.268. The Balaban J connectivity index is 2.03. The summed E-state index contributed by atoms with van der Waals surface area (Å²) in [5.74, 6) is -1.75. The lowest BCUT2D eigenvalue weighted by Crippen LogP contribution is -2.42. The molecule has 1 heterocycles. The van der Waals surface area contributed by atoms with Crippen LogP contribution in [0.15, 0.2) is 45.8 Å². The van der Waals surface area contributed by atoms with E-state index in [-0.39, 0.29) is 18.9 Å². The zero-order valence-electron chi connectivity index (χ0n) is 13.3. The second-order valence-corrected chi connectivity index (χ2v) is 7.95. The fraction of sp³-hybridized carbons (Fsp3) is 0.222. The molecule has 0 fully saturated rings. The Morgan fingerprint density at radius 3 is 2.80 bits per heavy atom. The number of thioether (sulfide) groups is 1. The average Bonchev–Trinajstić information content (AvgIpc) is 2.53. The number of carboxylic acids is 1. The van der Waals surface area contributed by atoms with E-state index < -0.39 is 17.0 Å². The number of carbonyl (C=O) groups is 2. The van der Waals surface area contributed by atoms with Gasteiger partial charge in [-0.3, -0.25) is 9.59 Å². The van der Waals surface area contributed by atoms with E-state index in [9.17, 15) is 14.0 Å². The van der Waals surface area contributed by atoms with Gasteiger partial charge in [-0.1, -0.05) is 34.1 Å². The maximum atomic E-state index is 14.2. The van der Waals surface area contributed by atoms with Crippen LogP contribution in [-0.4, -0.2) is 22.2 Å². The number of aliphatic carboxylic acids is 1. The van der Waals surface area contributed by atoms with Crippen molar-refractivity contribution in [3.05, 3.63) is 57.8 Å². The molecule has 0 aromatic heterocycles. The van der Waals surface area contributed by atoms with Gasteiger partial charge in [-0.2, -0.15) is 0 Å². The lowest BCUT2D eigenvalue weighted by molar-refractivity contribution is -0.138. The molecule has 7 heteroatoms.